The molecular weight excluding hydrogens is 306 g/mol. The molecule has 2 heterocycles. The Morgan fingerprint density at radius 1 is 1.00 bits per heavy atom. The van der Waals surface area contributed by atoms with E-state index in [2.05, 4.69) is 0 Å². The molecule has 2 saturated heterocycles. The number of fused-ring (bicyclic) bond motifs is 1. The van der Waals surface area contributed by atoms with Gasteiger partial charge in [-0.15, -0.1) is 0 Å². The summed E-state index contributed by atoms with van der Waals surface area (Å²) in [5.41, 5.74) is 0. The largest absolute Gasteiger partial charge is 0.480 e. The molecule has 0 aromatic rings. The topological polar surface area (TPSA) is 91.8 Å². The lowest BCUT2D eigenvalue weighted by Crippen LogP contribution is -2.49. The summed E-state index contributed by atoms with van der Waals surface area (Å²) in [4.78, 5) is 26.0. The Balaban J connectivity index is 1.78. The van der Waals surface area contributed by atoms with Crippen molar-refractivity contribution in [3.63, 3.8) is 0 Å². The number of sulfone groups is 1. The summed E-state index contributed by atoms with van der Waals surface area (Å²) in [6.07, 6.45) is 5.25. The zero-order valence-corrected chi connectivity index (χ0v) is 13.4. The number of amides is 1. The summed E-state index contributed by atoms with van der Waals surface area (Å²) in [5, 5.41) is 9.47. The molecule has 0 aromatic carbocycles. The zero-order valence-electron chi connectivity index (χ0n) is 12.6. The van der Waals surface area contributed by atoms with Gasteiger partial charge in [-0.3, -0.25) is 4.79 Å². The highest BCUT2D eigenvalue weighted by Crippen LogP contribution is 2.41. The van der Waals surface area contributed by atoms with Gasteiger partial charge in [-0.2, -0.15) is 0 Å². The number of carboxylic acids is 1. The number of nitrogens with zero attached hydrogens (tertiary/aromatic N) is 1. The van der Waals surface area contributed by atoms with Crippen LogP contribution in [0.5, 0.6) is 0 Å². The number of hydrogen-bond donors (Lipinski definition) is 1. The number of hydrogen-bond acceptors (Lipinski definition) is 4. The van der Waals surface area contributed by atoms with Gasteiger partial charge in [0.25, 0.3) is 0 Å². The smallest absolute Gasteiger partial charge is 0.326 e. The van der Waals surface area contributed by atoms with Gasteiger partial charge in [0, 0.05) is 12.0 Å². The second-order valence-electron chi connectivity index (χ2n) is 6.87. The molecule has 3 fully saturated rings. The van der Waals surface area contributed by atoms with Crippen molar-refractivity contribution in [2.75, 3.05) is 11.5 Å². The molecule has 3 rings (SSSR count). The molecule has 3 aliphatic rings. The van der Waals surface area contributed by atoms with Crippen LogP contribution in [0.4, 0.5) is 0 Å². The molecule has 1 amide bonds. The monoisotopic (exact) mass is 329 g/mol. The molecule has 0 bridgehead atoms. The van der Waals surface area contributed by atoms with Crippen LogP contribution in [0.2, 0.25) is 0 Å². The van der Waals surface area contributed by atoms with Gasteiger partial charge in [0.15, 0.2) is 0 Å². The summed E-state index contributed by atoms with van der Waals surface area (Å²) in [6, 6.07) is -0.681. The second kappa shape index (κ2) is 5.83. The van der Waals surface area contributed by atoms with E-state index in [-0.39, 0.29) is 29.4 Å². The van der Waals surface area contributed by atoms with E-state index in [1.807, 2.05) is 0 Å². The molecule has 3 atom stereocenters. The Labute approximate surface area is 130 Å². The second-order valence-corrected chi connectivity index (χ2v) is 9.18. The van der Waals surface area contributed by atoms with Crippen LogP contribution in [0.1, 0.15) is 44.9 Å². The predicted molar refractivity (Wildman–Crippen MR) is 80.0 cm³/mol. The summed E-state index contributed by atoms with van der Waals surface area (Å²) in [6.45, 7) is 0. The van der Waals surface area contributed by atoms with E-state index in [1.54, 1.807) is 4.90 Å². The number of carboxylic acid groups (broad SMARTS) is 1. The quantitative estimate of drug-likeness (QED) is 0.818. The average Bonchev–Trinajstić information content (AvgIpc) is 2.86. The number of carbonyl (C=O) groups is 2. The molecule has 0 radical (unpaired) electrons. The maximum absolute atomic E-state index is 12.8. The van der Waals surface area contributed by atoms with Crippen molar-refractivity contribution in [1.82, 2.24) is 4.90 Å². The van der Waals surface area contributed by atoms with Crippen molar-refractivity contribution in [3.05, 3.63) is 0 Å². The van der Waals surface area contributed by atoms with Crippen LogP contribution in [0.3, 0.4) is 0 Å². The van der Waals surface area contributed by atoms with E-state index < -0.39 is 21.8 Å². The molecule has 6 nitrogen and oxygen atoms in total. The fraction of sp³-hybridized carbons (Fsp3) is 0.867. The highest BCUT2D eigenvalue weighted by molar-refractivity contribution is 7.91. The number of likely N-dealkylation sites (tertiary alicyclic amines) is 1. The minimum Gasteiger partial charge on any atom is -0.480 e. The lowest BCUT2D eigenvalue weighted by atomic mass is 9.84. The highest BCUT2D eigenvalue weighted by Gasteiger charge is 2.49. The Morgan fingerprint density at radius 3 is 2.27 bits per heavy atom. The molecule has 3 unspecified atom stereocenters. The maximum atomic E-state index is 12.8. The van der Waals surface area contributed by atoms with E-state index in [4.69, 9.17) is 0 Å². The fourth-order valence-corrected chi connectivity index (χ4v) is 5.84. The first-order valence-corrected chi connectivity index (χ1v) is 9.96. The van der Waals surface area contributed by atoms with Gasteiger partial charge >= 0.3 is 5.97 Å². The molecule has 124 valence electrons. The highest BCUT2D eigenvalue weighted by atomic mass is 32.2. The van der Waals surface area contributed by atoms with Gasteiger partial charge in [-0.25, -0.2) is 13.2 Å². The van der Waals surface area contributed by atoms with Gasteiger partial charge in [0.05, 0.1) is 11.5 Å². The van der Waals surface area contributed by atoms with E-state index >= 15 is 0 Å². The van der Waals surface area contributed by atoms with E-state index in [1.165, 1.54) is 0 Å². The minimum absolute atomic E-state index is 0.0425. The SMILES string of the molecule is O=C(O)C1CC2CCCCC2N1C(=O)C1CCS(=O)(=O)CC1. The molecular formula is C15H23NO5S. The third-order valence-electron chi connectivity index (χ3n) is 5.53. The third-order valence-corrected chi connectivity index (χ3v) is 7.25. The van der Waals surface area contributed by atoms with Crippen molar-refractivity contribution < 1.29 is 23.1 Å². The number of aliphatic carboxylic acids is 1. The first-order chi connectivity index (χ1) is 10.4. The van der Waals surface area contributed by atoms with Gasteiger partial charge < -0.3 is 10.0 Å². The molecule has 7 heteroatoms. The molecule has 1 saturated carbocycles. The van der Waals surface area contributed by atoms with Crippen molar-refractivity contribution >= 4 is 21.7 Å². The van der Waals surface area contributed by atoms with Crippen LogP contribution < -0.4 is 0 Å². The van der Waals surface area contributed by atoms with Crippen LogP contribution in [0, 0.1) is 11.8 Å². The third kappa shape index (κ3) is 2.87. The van der Waals surface area contributed by atoms with Crippen molar-refractivity contribution in [2.24, 2.45) is 11.8 Å². The standard InChI is InChI=1S/C15H23NO5S/c17-14(10-5-7-22(20,21)8-6-10)16-12-4-2-1-3-11(12)9-13(16)15(18)19/h10-13H,1-9H2,(H,18,19). The van der Waals surface area contributed by atoms with Crippen molar-refractivity contribution in [2.45, 2.75) is 57.0 Å². The summed E-state index contributed by atoms with van der Waals surface area (Å²) in [7, 11) is -3.01. The molecule has 22 heavy (non-hydrogen) atoms. The van der Waals surface area contributed by atoms with Crippen molar-refractivity contribution in [3.8, 4) is 0 Å². The van der Waals surface area contributed by atoms with Crippen molar-refractivity contribution in [1.29, 1.82) is 0 Å². The molecule has 1 aliphatic carbocycles. The predicted octanol–water partition coefficient (Wildman–Crippen LogP) is 1.06. The van der Waals surface area contributed by atoms with E-state index in [9.17, 15) is 23.1 Å². The Morgan fingerprint density at radius 2 is 1.64 bits per heavy atom. The Bertz CT molecular complexity index is 558. The minimum atomic E-state index is -3.01. The van der Waals surface area contributed by atoms with Crippen LogP contribution in [0.25, 0.3) is 0 Å². The zero-order chi connectivity index (χ0) is 15.9. The average molecular weight is 329 g/mol. The lowest BCUT2D eigenvalue weighted by Gasteiger charge is -2.36. The van der Waals surface area contributed by atoms with Gasteiger partial charge in [-0.1, -0.05) is 12.8 Å². The lowest BCUT2D eigenvalue weighted by molar-refractivity contribution is -0.152. The molecule has 1 N–H and O–H groups in total. The molecule has 0 spiro atoms. The van der Waals surface area contributed by atoms with Crippen LogP contribution in [0.15, 0.2) is 0 Å². The van der Waals surface area contributed by atoms with E-state index in [0.717, 1.165) is 25.7 Å². The van der Waals surface area contributed by atoms with Gasteiger partial charge in [-0.05, 0) is 38.0 Å². The first kappa shape index (κ1) is 15.8. The van der Waals surface area contributed by atoms with Crippen LogP contribution >= 0.6 is 0 Å². The van der Waals surface area contributed by atoms with Crippen LogP contribution in [-0.2, 0) is 19.4 Å². The van der Waals surface area contributed by atoms with Gasteiger partial charge in [0.1, 0.15) is 15.9 Å². The number of carbonyl (C=O) groups excluding carboxylic acids is 1. The normalized spacial score (nSPS) is 35.1. The Kier molecular flexibility index (Phi) is 4.18. The summed E-state index contributed by atoms with van der Waals surface area (Å²) >= 11 is 0. The summed E-state index contributed by atoms with van der Waals surface area (Å²) in [5.74, 6) is -0.994. The van der Waals surface area contributed by atoms with Crippen LogP contribution in [-0.4, -0.2) is 53.9 Å². The molecule has 0 aromatic heterocycles. The van der Waals surface area contributed by atoms with Gasteiger partial charge in [0.2, 0.25) is 5.91 Å². The summed E-state index contributed by atoms with van der Waals surface area (Å²) < 4.78 is 23.0. The maximum Gasteiger partial charge on any atom is 0.326 e. The molecule has 2 aliphatic heterocycles. The fourth-order valence-electron chi connectivity index (χ4n) is 4.35. The van der Waals surface area contributed by atoms with E-state index in [0.29, 0.717) is 25.2 Å². The first-order valence-electron chi connectivity index (χ1n) is 8.14. The number of rotatable bonds is 2. The Hall–Kier alpha value is -1.11.